The van der Waals surface area contributed by atoms with Crippen LogP contribution in [0.4, 0.5) is 0 Å². The van der Waals surface area contributed by atoms with Crippen molar-refractivity contribution in [2.24, 2.45) is 0 Å². The van der Waals surface area contributed by atoms with Crippen molar-refractivity contribution in [1.82, 2.24) is 4.90 Å². The fourth-order valence-electron chi connectivity index (χ4n) is 2.47. The van der Waals surface area contributed by atoms with Gasteiger partial charge in [-0.3, -0.25) is 9.59 Å². The van der Waals surface area contributed by atoms with Crippen molar-refractivity contribution in [3.63, 3.8) is 0 Å². The highest BCUT2D eigenvalue weighted by Gasteiger charge is 2.23. The fourth-order valence-corrected chi connectivity index (χ4v) is 2.47. The molecule has 0 saturated heterocycles. The molecule has 0 spiro atoms. The summed E-state index contributed by atoms with van der Waals surface area (Å²) in [5.41, 5.74) is 0.718. The monoisotopic (exact) mass is 245 g/mol. The Bertz CT molecular complexity index is 427. The number of amides is 1. The topological polar surface area (TPSA) is 37.4 Å². The lowest BCUT2D eigenvalue weighted by Crippen LogP contribution is -2.36. The summed E-state index contributed by atoms with van der Waals surface area (Å²) in [4.78, 5) is 25.5. The van der Waals surface area contributed by atoms with Crippen molar-refractivity contribution < 1.29 is 9.59 Å². The van der Waals surface area contributed by atoms with E-state index in [4.69, 9.17) is 0 Å². The average Bonchev–Trinajstić information content (AvgIpc) is 2.63. The quantitative estimate of drug-likeness (QED) is 0.751. The van der Waals surface area contributed by atoms with Gasteiger partial charge in [-0.1, -0.05) is 18.2 Å². The number of hydrogen-bond donors (Lipinski definition) is 0. The molecule has 0 unspecified atom stereocenters. The van der Waals surface area contributed by atoms with Crippen LogP contribution < -0.4 is 0 Å². The van der Waals surface area contributed by atoms with Gasteiger partial charge in [-0.15, -0.1) is 0 Å². The van der Waals surface area contributed by atoms with Crippen LogP contribution in [-0.2, 0) is 4.79 Å². The van der Waals surface area contributed by atoms with Crippen molar-refractivity contribution >= 4 is 11.7 Å². The van der Waals surface area contributed by atoms with Crippen LogP contribution in [0.15, 0.2) is 30.3 Å². The number of ketones is 1. The van der Waals surface area contributed by atoms with E-state index in [9.17, 15) is 9.59 Å². The van der Waals surface area contributed by atoms with E-state index in [1.165, 1.54) is 0 Å². The van der Waals surface area contributed by atoms with Gasteiger partial charge in [0, 0.05) is 31.5 Å². The molecule has 3 heteroatoms. The number of rotatable bonds is 2. The van der Waals surface area contributed by atoms with Crippen molar-refractivity contribution in [1.29, 1.82) is 0 Å². The molecule has 0 heterocycles. The Morgan fingerprint density at radius 3 is 2.61 bits per heavy atom. The summed E-state index contributed by atoms with van der Waals surface area (Å²) < 4.78 is 0. The second-order valence-corrected chi connectivity index (χ2v) is 4.91. The third-order valence-electron chi connectivity index (χ3n) is 3.64. The summed E-state index contributed by atoms with van der Waals surface area (Å²) in [6, 6.07) is 9.52. The van der Waals surface area contributed by atoms with Crippen LogP contribution in [0.5, 0.6) is 0 Å². The molecule has 3 nitrogen and oxygen atoms in total. The first-order valence-corrected chi connectivity index (χ1v) is 6.52. The molecule has 1 fully saturated rings. The molecule has 0 radical (unpaired) electrons. The molecule has 1 aliphatic rings. The van der Waals surface area contributed by atoms with Crippen LogP contribution in [0.1, 0.15) is 42.5 Å². The van der Waals surface area contributed by atoms with Gasteiger partial charge in [0.1, 0.15) is 5.78 Å². The third kappa shape index (κ3) is 2.97. The normalized spacial score (nSPS) is 20.3. The predicted molar refractivity (Wildman–Crippen MR) is 70.4 cm³/mol. The summed E-state index contributed by atoms with van der Waals surface area (Å²) in [6.07, 6.45) is 3.91. The number of nitrogens with zero attached hydrogens (tertiary/aromatic N) is 1. The number of carbonyl (C=O) groups is 2. The molecule has 0 N–H and O–H groups in total. The van der Waals surface area contributed by atoms with Gasteiger partial charge in [0.15, 0.2) is 0 Å². The SMILES string of the molecule is CN(C(=O)c1ccccc1)[C@H]1CCCC(=O)CC1. The second-order valence-electron chi connectivity index (χ2n) is 4.91. The van der Waals surface area contributed by atoms with Gasteiger partial charge in [-0.05, 0) is 31.4 Å². The molecule has 0 bridgehead atoms. The zero-order valence-electron chi connectivity index (χ0n) is 10.8. The molecule has 0 aliphatic heterocycles. The summed E-state index contributed by atoms with van der Waals surface area (Å²) in [5, 5.41) is 0. The van der Waals surface area contributed by atoms with E-state index in [-0.39, 0.29) is 11.9 Å². The molecule has 1 aromatic rings. The van der Waals surface area contributed by atoms with E-state index >= 15 is 0 Å². The molecule has 96 valence electrons. The predicted octanol–water partition coefficient (Wildman–Crippen LogP) is 2.66. The van der Waals surface area contributed by atoms with Crippen LogP contribution in [0.25, 0.3) is 0 Å². The molecule has 1 atom stereocenters. The minimum absolute atomic E-state index is 0.0509. The van der Waals surface area contributed by atoms with Gasteiger partial charge in [0.2, 0.25) is 0 Å². The molecular weight excluding hydrogens is 226 g/mol. The largest absolute Gasteiger partial charge is 0.339 e. The van der Waals surface area contributed by atoms with Gasteiger partial charge in [-0.2, -0.15) is 0 Å². The maximum Gasteiger partial charge on any atom is 0.253 e. The van der Waals surface area contributed by atoms with Gasteiger partial charge >= 0.3 is 0 Å². The Balaban J connectivity index is 2.04. The van der Waals surface area contributed by atoms with E-state index in [0.717, 1.165) is 24.8 Å². The summed E-state index contributed by atoms with van der Waals surface area (Å²) in [5.74, 6) is 0.382. The van der Waals surface area contributed by atoms with E-state index in [1.54, 1.807) is 4.90 Å². The Kier molecular flexibility index (Phi) is 4.13. The average molecular weight is 245 g/mol. The molecule has 1 aliphatic carbocycles. The molecule has 1 saturated carbocycles. The Hall–Kier alpha value is -1.64. The van der Waals surface area contributed by atoms with Crippen LogP contribution in [0, 0.1) is 0 Å². The molecule has 1 amide bonds. The van der Waals surface area contributed by atoms with Gasteiger partial charge in [-0.25, -0.2) is 0 Å². The lowest BCUT2D eigenvalue weighted by Gasteiger charge is -2.27. The van der Waals surface area contributed by atoms with E-state index in [2.05, 4.69) is 0 Å². The molecule has 18 heavy (non-hydrogen) atoms. The maximum atomic E-state index is 12.3. The smallest absolute Gasteiger partial charge is 0.253 e. The first kappa shape index (κ1) is 12.8. The number of benzene rings is 1. The Morgan fingerprint density at radius 2 is 1.89 bits per heavy atom. The van der Waals surface area contributed by atoms with Gasteiger partial charge in [0.05, 0.1) is 0 Å². The van der Waals surface area contributed by atoms with Crippen LogP contribution in [-0.4, -0.2) is 29.7 Å². The second kappa shape index (κ2) is 5.80. The van der Waals surface area contributed by atoms with Crippen LogP contribution in [0.3, 0.4) is 0 Å². The lowest BCUT2D eigenvalue weighted by molar-refractivity contribution is -0.118. The van der Waals surface area contributed by atoms with E-state index in [1.807, 2.05) is 37.4 Å². The van der Waals surface area contributed by atoms with Crippen molar-refractivity contribution in [3.05, 3.63) is 35.9 Å². The first-order chi connectivity index (χ1) is 8.68. The summed E-state index contributed by atoms with van der Waals surface area (Å²) >= 11 is 0. The standard InChI is InChI=1S/C15H19NO2/c1-16(13-8-5-9-14(17)11-10-13)15(18)12-6-3-2-4-7-12/h2-4,6-7,13H,5,8-11H2,1H3/t13-/m0/s1. The summed E-state index contributed by atoms with van der Waals surface area (Å²) in [7, 11) is 1.84. The van der Waals surface area contributed by atoms with E-state index < -0.39 is 0 Å². The fraction of sp³-hybridized carbons (Fsp3) is 0.467. The number of Topliss-reactive ketones (excluding diaryl/α,β-unsaturated/α-hetero) is 1. The van der Waals surface area contributed by atoms with Crippen molar-refractivity contribution in [2.75, 3.05) is 7.05 Å². The maximum absolute atomic E-state index is 12.3. The van der Waals surface area contributed by atoms with Gasteiger partial charge in [0.25, 0.3) is 5.91 Å². The molecule has 2 rings (SSSR count). The summed E-state index contributed by atoms with van der Waals surface area (Å²) in [6.45, 7) is 0. The molecular formula is C15H19NO2. The molecule has 0 aromatic heterocycles. The molecule has 1 aromatic carbocycles. The highest BCUT2D eigenvalue weighted by molar-refractivity contribution is 5.94. The zero-order chi connectivity index (χ0) is 13.0. The Morgan fingerprint density at radius 1 is 1.17 bits per heavy atom. The number of hydrogen-bond acceptors (Lipinski definition) is 2. The van der Waals surface area contributed by atoms with Crippen LogP contribution in [0.2, 0.25) is 0 Å². The third-order valence-corrected chi connectivity index (χ3v) is 3.64. The lowest BCUT2D eigenvalue weighted by atomic mass is 10.1. The van der Waals surface area contributed by atoms with Crippen molar-refractivity contribution in [3.8, 4) is 0 Å². The minimum Gasteiger partial charge on any atom is -0.339 e. The van der Waals surface area contributed by atoms with Crippen molar-refractivity contribution in [2.45, 2.75) is 38.1 Å². The number of carbonyl (C=O) groups excluding carboxylic acids is 2. The van der Waals surface area contributed by atoms with E-state index in [0.29, 0.717) is 18.6 Å². The highest BCUT2D eigenvalue weighted by Crippen LogP contribution is 2.20. The zero-order valence-corrected chi connectivity index (χ0v) is 10.8. The highest BCUT2D eigenvalue weighted by atomic mass is 16.2. The van der Waals surface area contributed by atoms with Gasteiger partial charge < -0.3 is 4.90 Å². The Labute approximate surface area is 108 Å². The minimum atomic E-state index is 0.0509. The van der Waals surface area contributed by atoms with Crippen LogP contribution >= 0.6 is 0 Å². The first-order valence-electron chi connectivity index (χ1n) is 6.52.